The van der Waals surface area contributed by atoms with E-state index in [1.807, 2.05) is 6.92 Å². The van der Waals surface area contributed by atoms with E-state index in [9.17, 15) is 0 Å². The highest BCUT2D eigenvalue weighted by atomic mass is 16.7. The fraction of sp³-hybridized carbons (Fsp3) is 1.00. The summed E-state index contributed by atoms with van der Waals surface area (Å²) in [6.45, 7) is 4.84. The van der Waals surface area contributed by atoms with Crippen LogP contribution in [0.15, 0.2) is 0 Å². The molecule has 0 N–H and O–H groups in total. The highest BCUT2D eigenvalue weighted by Crippen LogP contribution is 2.09. The Morgan fingerprint density at radius 1 is 1.38 bits per heavy atom. The fourth-order valence-corrected chi connectivity index (χ4v) is 0.834. The van der Waals surface area contributed by atoms with Gasteiger partial charge in [-0.2, -0.15) is 0 Å². The first-order chi connectivity index (χ1) is 3.79. The zero-order valence-electron chi connectivity index (χ0n) is 5.39. The summed E-state index contributed by atoms with van der Waals surface area (Å²) in [5, 5.41) is 0. The molecule has 48 valence electrons. The molecule has 1 aliphatic rings. The molecule has 0 radical (unpaired) electrons. The van der Waals surface area contributed by atoms with Crippen molar-refractivity contribution in [2.24, 2.45) is 0 Å². The van der Waals surface area contributed by atoms with E-state index < -0.39 is 0 Å². The largest absolute Gasteiger partial charge is 0.353 e. The second kappa shape index (κ2) is 2.46. The first-order valence-corrected chi connectivity index (χ1v) is 3.06. The molecule has 0 saturated carbocycles. The molecule has 0 aliphatic carbocycles. The Labute approximate surface area is 49.8 Å². The van der Waals surface area contributed by atoms with Crippen LogP contribution in [0, 0.1) is 0 Å². The Balaban J connectivity index is 2.23. The maximum absolute atomic E-state index is 5.26. The molecule has 2 atom stereocenters. The maximum atomic E-state index is 5.26. The lowest BCUT2D eigenvalue weighted by molar-refractivity contribution is -0.197. The van der Waals surface area contributed by atoms with E-state index >= 15 is 0 Å². The van der Waals surface area contributed by atoms with Gasteiger partial charge in [-0.25, -0.2) is 0 Å². The third kappa shape index (κ3) is 1.46. The third-order valence-electron chi connectivity index (χ3n) is 1.30. The van der Waals surface area contributed by atoms with E-state index in [1.54, 1.807) is 0 Å². The van der Waals surface area contributed by atoms with Crippen LogP contribution in [-0.2, 0) is 9.47 Å². The molecule has 0 amide bonds. The van der Waals surface area contributed by atoms with E-state index in [4.69, 9.17) is 9.47 Å². The lowest BCUT2D eigenvalue weighted by atomic mass is 10.3. The van der Waals surface area contributed by atoms with Crippen molar-refractivity contribution in [2.45, 2.75) is 32.7 Å². The highest BCUT2D eigenvalue weighted by molar-refractivity contribution is 4.54. The third-order valence-corrected chi connectivity index (χ3v) is 1.30. The first-order valence-electron chi connectivity index (χ1n) is 3.06. The Bertz CT molecular complexity index is 64.9. The van der Waals surface area contributed by atoms with Gasteiger partial charge in [-0.1, -0.05) is 0 Å². The predicted molar refractivity (Wildman–Crippen MR) is 30.6 cm³/mol. The van der Waals surface area contributed by atoms with Crippen LogP contribution >= 0.6 is 0 Å². The molecule has 0 aromatic carbocycles. The summed E-state index contributed by atoms with van der Waals surface area (Å²) in [6.07, 6.45) is 1.43. The minimum Gasteiger partial charge on any atom is -0.353 e. The van der Waals surface area contributed by atoms with Gasteiger partial charge in [0.2, 0.25) is 0 Å². The average Bonchev–Trinajstić information content (AvgIpc) is 1.64. The van der Waals surface area contributed by atoms with Gasteiger partial charge in [-0.05, 0) is 20.3 Å². The Morgan fingerprint density at radius 3 is 2.50 bits per heavy atom. The standard InChI is InChI=1S/C6H12O2/c1-5-3-4-7-6(2)8-5/h5-6H,3-4H2,1-2H3/t5-,6-/m1/s1. The van der Waals surface area contributed by atoms with E-state index in [0.29, 0.717) is 6.10 Å². The average molecular weight is 116 g/mol. The van der Waals surface area contributed by atoms with Crippen molar-refractivity contribution in [1.29, 1.82) is 0 Å². The summed E-state index contributed by atoms with van der Waals surface area (Å²) < 4.78 is 10.4. The van der Waals surface area contributed by atoms with Crippen LogP contribution in [0.1, 0.15) is 20.3 Å². The lowest BCUT2D eigenvalue weighted by Gasteiger charge is -2.24. The molecule has 0 bridgehead atoms. The van der Waals surface area contributed by atoms with Crippen LogP contribution in [0.3, 0.4) is 0 Å². The van der Waals surface area contributed by atoms with Gasteiger partial charge < -0.3 is 9.47 Å². The molecule has 0 aromatic heterocycles. The van der Waals surface area contributed by atoms with Gasteiger partial charge in [0.25, 0.3) is 0 Å². The van der Waals surface area contributed by atoms with Crippen LogP contribution < -0.4 is 0 Å². The molecule has 1 aliphatic heterocycles. The van der Waals surface area contributed by atoms with Crippen molar-refractivity contribution in [3.63, 3.8) is 0 Å². The normalized spacial score (nSPS) is 39.8. The molecule has 8 heavy (non-hydrogen) atoms. The molecule has 0 aromatic rings. The number of ether oxygens (including phenoxy) is 2. The fourth-order valence-electron chi connectivity index (χ4n) is 0.834. The molecule has 1 rings (SSSR count). The van der Waals surface area contributed by atoms with E-state index in [-0.39, 0.29) is 6.29 Å². The van der Waals surface area contributed by atoms with Crippen LogP contribution in [-0.4, -0.2) is 19.0 Å². The van der Waals surface area contributed by atoms with Crippen molar-refractivity contribution < 1.29 is 9.47 Å². The monoisotopic (exact) mass is 116 g/mol. The van der Waals surface area contributed by atoms with E-state index in [0.717, 1.165) is 13.0 Å². The second-order valence-corrected chi connectivity index (χ2v) is 2.17. The Morgan fingerprint density at radius 2 is 2.12 bits per heavy atom. The van der Waals surface area contributed by atoms with Gasteiger partial charge >= 0.3 is 0 Å². The zero-order chi connectivity index (χ0) is 5.98. The SMILES string of the molecule is C[C@@H]1OCC[C@@H](C)O1. The molecule has 1 saturated heterocycles. The van der Waals surface area contributed by atoms with Crippen LogP contribution in [0.4, 0.5) is 0 Å². The molecule has 2 nitrogen and oxygen atoms in total. The first kappa shape index (κ1) is 6.05. The van der Waals surface area contributed by atoms with Crippen molar-refractivity contribution in [3.05, 3.63) is 0 Å². The minimum absolute atomic E-state index is 0.0127. The number of hydrogen-bond acceptors (Lipinski definition) is 2. The summed E-state index contributed by atoms with van der Waals surface area (Å²) >= 11 is 0. The smallest absolute Gasteiger partial charge is 0.155 e. The van der Waals surface area contributed by atoms with E-state index in [2.05, 4.69) is 6.92 Å². The molecule has 0 spiro atoms. The summed E-state index contributed by atoms with van der Waals surface area (Å²) in [5.74, 6) is 0. The van der Waals surface area contributed by atoms with Crippen molar-refractivity contribution in [3.8, 4) is 0 Å². The lowest BCUT2D eigenvalue weighted by Crippen LogP contribution is -2.27. The molecular formula is C6H12O2. The molecule has 1 fully saturated rings. The summed E-state index contributed by atoms with van der Waals surface area (Å²) in [5.41, 5.74) is 0. The zero-order valence-corrected chi connectivity index (χ0v) is 5.39. The predicted octanol–water partition coefficient (Wildman–Crippen LogP) is 1.16. The molecule has 1 heterocycles. The summed E-state index contributed by atoms with van der Waals surface area (Å²) in [4.78, 5) is 0. The summed E-state index contributed by atoms with van der Waals surface area (Å²) in [7, 11) is 0. The molecule has 0 unspecified atom stereocenters. The number of hydrogen-bond donors (Lipinski definition) is 0. The van der Waals surface area contributed by atoms with Gasteiger partial charge in [0.05, 0.1) is 12.7 Å². The number of rotatable bonds is 0. The van der Waals surface area contributed by atoms with Gasteiger partial charge in [0.15, 0.2) is 6.29 Å². The maximum Gasteiger partial charge on any atom is 0.155 e. The Kier molecular flexibility index (Phi) is 1.86. The highest BCUT2D eigenvalue weighted by Gasteiger charge is 2.13. The van der Waals surface area contributed by atoms with Gasteiger partial charge in [0.1, 0.15) is 0 Å². The van der Waals surface area contributed by atoms with Crippen LogP contribution in [0.25, 0.3) is 0 Å². The molecule has 2 heteroatoms. The Hall–Kier alpha value is -0.0800. The van der Waals surface area contributed by atoms with Gasteiger partial charge in [0, 0.05) is 0 Å². The van der Waals surface area contributed by atoms with Crippen LogP contribution in [0.2, 0.25) is 0 Å². The van der Waals surface area contributed by atoms with Gasteiger partial charge in [-0.15, -0.1) is 0 Å². The van der Waals surface area contributed by atoms with Crippen molar-refractivity contribution in [2.75, 3.05) is 6.61 Å². The second-order valence-electron chi connectivity index (χ2n) is 2.17. The van der Waals surface area contributed by atoms with Crippen molar-refractivity contribution >= 4 is 0 Å². The van der Waals surface area contributed by atoms with Gasteiger partial charge in [-0.3, -0.25) is 0 Å². The topological polar surface area (TPSA) is 18.5 Å². The summed E-state index contributed by atoms with van der Waals surface area (Å²) in [6, 6.07) is 0. The minimum atomic E-state index is 0.0127. The quantitative estimate of drug-likeness (QED) is 0.472. The molecular weight excluding hydrogens is 104 g/mol. The van der Waals surface area contributed by atoms with Crippen LogP contribution in [0.5, 0.6) is 0 Å². The van der Waals surface area contributed by atoms with E-state index in [1.165, 1.54) is 0 Å². The van der Waals surface area contributed by atoms with Crippen molar-refractivity contribution in [1.82, 2.24) is 0 Å².